The molecule has 1 fully saturated rings. The Labute approximate surface area is 277 Å². The number of hydrogen-bond acceptors (Lipinski definition) is 10. The number of carbonyl (C=O) groups excluding carboxylic acids is 2. The molecule has 0 aromatic heterocycles. The number of hydrogen-bond donors (Lipinski definition) is 1. The van der Waals surface area contributed by atoms with Gasteiger partial charge in [0.05, 0.1) is 18.0 Å². The third-order valence-electron chi connectivity index (χ3n) is 8.17. The van der Waals surface area contributed by atoms with Crippen LogP contribution in [0.3, 0.4) is 0 Å². The van der Waals surface area contributed by atoms with Crippen LogP contribution >= 0.6 is 0 Å². The monoisotopic (exact) mass is 645 g/mol. The third-order valence-corrected chi connectivity index (χ3v) is 8.17. The van der Waals surface area contributed by atoms with E-state index >= 15 is 0 Å². The van der Waals surface area contributed by atoms with Crippen LogP contribution in [0.4, 0.5) is 5.69 Å². The first kappa shape index (κ1) is 35.7. The number of esters is 2. The number of ether oxygens (including phenoxy) is 2. The van der Waals surface area contributed by atoms with Crippen molar-refractivity contribution >= 4 is 17.6 Å². The quantitative estimate of drug-likeness (QED) is 0.177. The van der Waals surface area contributed by atoms with Gasteiger partial charge in [-0.2, -0.15) is 0 Å². The van der Waals surface area contributed by atoms with E-state index in [1.807, 2.05) is 72.8 Å². The lowest BCUT2D eigenvalue weighted by Crippen LogP contribution is -2.43. The molecule has 0 bridgehead atoms. The smallest absolute Gasteiger partial charge is 0.320 e. The average Bonchev–Trinajstić information content (AvgIpc) is 3.09. The summed E-state index contributed by atoms with van der Waals surface area (Å²) in [4.78, 5) is 42.9. The Hall–Kier alpha value is -4.16. The molecule has 252 valence electrons. The number of nitrogens with one attached hydrogen (secondary N) is 1. The second kappa shape index (κ2) is 20.2. The van der Waals surface area contributed by atoms with E-state index in [0.29, 0.717) is 6.54 Å². The third kappa shape index (κ3) is 14.0. The van der Waals surface area contributed by atoms with Crippen LogP contribution in [0.2, 0.25) is 0 Å². The highest BCUT2D eigenvalue weighted by molar-refractivity contribution is 5.72. The normalized spacial score (nSPS) is 16.2. The Morgan fingerprint density at radius 1 is 0.638 bits per heavy atom. The van der Waals surface area contributed by atoms with Crippen molar-refractivity contribution in [2.75, 3.05) is 72.0 Å². The topological polar surface area (TPSA) is 117 Å². The van der Waals surface area contributed by atoms with Crippen LogP contribution in [0.5, 0.6) is 0 Å². The molecule has 0 atom stereocenters. The van der Waals surface area contributed by atoms with Crippen LogP contribution in [0.15, 0.2) is 84.9 Å². The van der Waals surface area contributed by atoms with Crippen molar-refractivity contribution in [3.8, 4) is 0 Å². The zero-order chi connectivity index (χ0) is 33.1. The van der Waals surface area contributed by atoms with E-state index in [1.54, 1.807) is 12.1 Å². The molecular formula is C36H47N5O6. The molecule has 11 nitrogen and oxygen atoms in total. The highest BCUT2D eigenvalue weighted by Crippen LogP contribution is 2.13. The molecule has 1 N–H and O–H groups in total. The minimum Gasteiger partial charge on any atom is -0.460 e. The van der Waals surface area contributed by atoms with Crippen LogP contribution in [-0.4, -0.2) is 104 Å². The van der Waals surface area contributed by atoms with Gasteiger partial charge in [0, 0.05) is 51.4 Å². The standard InChI is InChI=1S/C36H47N5O6/c42-35(46-29-32-9-3-1-4-10-32)27-39-22-8-21-38(23-17-31-13-15-34(16-14-31)41(44)45)25-26-40(20-7-18-37-19-24-39)28-36(43)47-30-33-11-5-2-6-12-33/h1-6,9-16,37H,7-8,17-30H2. The van der Waals surface area contributed by atoms with Crippen LogP contribution in [-0.2, 0) is 38.7 Å². The Morgan fingerprint density at radius 3 is 1.77 bits per heavy atom. The Morgan fingerprint density at radius 2 is 1.17 bits per heavy atom. The number of benzene rings is 3. The minimum atomic E-state index is -0.386. The largest absolute Gasteiger partial charge is 0.460 e. The Balaban J connectivity index is 1.34. The van der Waals surface area contributed by atoms with Gasteiger partial charge in [-0.15, -0.1) is 0 Å². The van der Waals surface area contributed by atoms with E-state index in [2.05, 4.69) is 20.0 Å². The van der Waals surface area contributed by atoms with Gasteiger partial charge in [-0.1, -0.05) is 72.8 Å². The average molecular weight is 646 g/mol. The molecule has 3 aromatic rings. The number of nitro benzene ring substituents is 1. The van der Waals surface area contributed by atoms with E-state index < -0.39 is 0 Å². The van der Waals surface area contributed by atoms with Gasteiger partial charge in [0.2, 0.25) is 0 Å². The first-order valence-corrected chi connectivity index (χ1v) is 16.4. The maximum atomic E-state index is 12.8. The van der Waals surface area contributed by atoms with Crippen molar-refractivity contribution in [2.45, 2.75) is 32.5 Å². The molecule has 1 heterocycles. The van der Waals surface area contributed by atoms with Gasteiger partial charge in [0.15, 0.2) is 0 Å². The Bertz CT molecular complexity index is 1360. The van der Waals surface area contributed by atoms with Crippen molar-refractivity contribution in [2.24, 2.45) is 0 Å². The van der Waals surface area contributed by atoms with E-state index in [4.69, 9.17) is 9.47 Å². The minimum absolute atomic E-state index is 0.0821. The van der Waals surface area contributed by atoms with Crippen LogP contribution in [0.1, 0.15) is 29.5 Å². The molecule has 0 amide bonds. The summed E-state index contributed by atoms with van der Waals surface area (Å²) >= 11 is 0. The van der Waals surface area contributed by atoms with Gasteiger partial charge in [-0.3, -0.25) is 29.5 Å². The summed E-state index contributed by atoms with van der Waals surface area (Å²) in [6.07, 6.45) is 2.47. The van der Waals surface area contributed by atoms with Gasteiger partial charge in [-0.25, -0.2) is 0 Å². The van der Waals surface area contributed by atoms with Crippen LogP contribution in [0.25, 0.3) is 0 Å². The number of carbonyl (C=O) groups is 2. The Kier molecular flexibility index (Phi) is 15.3. The molecule has 0 radical (unpaired) electrons. The predicted octanol–water partition coefficient (Wildman–Crippen LogP) is 3.91. The number of nitro groups is 1. The maximum absolute atomic E-state index is 12.8. The van der Waals surface area contributed by atoms with Crippen molar-refractivity contribution < 1.29 is 24.0 Å². The first-order valence-electron chi connectivity index (χ1n) is 16.4. The lowest BCUT2D eigenvalue weighted by Gasteiger charge is -2.29. The fraction of sp³-hybridized carbons (Fsp3) is 0.444. The zero-order valence-corrected chi connectivity index (χ0v) is 27.1. The first-order chi connectivity index (χ1) is 22.9. The summed E-state index contributed by atoms with van der Waals surface area (Å²) in [5, 5.41) is 14.6. The molecule has 1 aliphatic heterocycles. The van der Waals surface area contributed by atoms with Crippen LogP contribution < -0.4 is 5.32 Å². The second-order valence-electron chi connectivity index (χ2n) is 11.8. The van der Waals surface area contributed by atoms with Crippen molar-refractivity contribution in [3.63, 3.8) is 0 Å². The lowest BCUT2D eigenvalue weighted by atomic mass is 10.1. The fourth-order valence-corrected chi connectivity index (χ4v) is 5.47. The van der Waals surface area contributed by atoms with Gasteiger partial charge >= 0.3 is 11.9 Å². The molecule has 0 aliphatic carbocycles. The van der Waals surface area contributed by atoms with E-state index in [0.717, 1.165) is 88.3 Å². The molecule has 4 rings (SSSR count). The highest BCUT2D eigenvalue weighted by atomic mass is 16.6. The summed E-state index contributed by atoms with van der Waals surface area (Å²) in [5.74, 6) is -0.477. The van der Waals surface area contributed by atoms with Gasteiger partial charge in [-0.05, 0) is 55.6 Å². The number of nitrogens with zero attached hydrogens (tertiary/aromatic N) is 4. The van der Waals surface area contributed by atoms with Crippen molar-refractivity contribution in [1.29, 1.82) is 0 Å². The second-order valence-corrected chi connectivity index (χ2v) is 11.8. The summed E-state index contributed by atoms with van der Waals surface area (Å²) in [7, 11) is 0. The molecular weight excluding hydrogens is 598 g/mol. The van der Waals surface area contributed by atoms with Gasteiger partial charge in [0.25, 0.3) is 5.69 Å². The van der Waals surface area contributed by atoms with Gasteiger partial charge in [0.1, 0.15) is 13.2 Å². The predicted molar refractivity (Wildman–Crippen MR) is 181 cm³/mol. The van der Waals surface area contributed by atoms with E-state index in [-0.39, 0.29) is 48.9 Å². The summed E-state index contributed by atoms with van der Waals surface area (Å²) in [5.41, 5.74) is 3.04. The fourth-order valence-electron chi connectivity index (χ4n) is 5.47. The van der Waals surface area contributed by atoms with Crippen LogP contribution in [0, 0.1) is 10.1 Å². The van der Waals surface area contributed by atoms with E-state index in [1.165, 1.54) is 0 Å². The maximum Gasteiger partial charge on any atom is 0.320 e. The lowest BCUT2D eigenvalue weighted by molar-refractivity contribution is -0.384. The molecule has 11 heteroatoms. The highest BCUT2D eigenvalue weighted by Gasteiger charge is 2.17. The zero-order valence-electron chi connectivity index (χ0n) is 27.1. The molecule has 1 saturated heterocycles. The molecule has 3 aromatic carbocycles. The summed E-state index contributed by atoms with van der Waals surface area (Å²) < 4.78 is 11.1. The number of non-ortho nitro benzene ring substituents is 1. The van der Waals surface area contributed by atoms with Crippen molar-refractivity contribution in [1.82, 2.24) is 20.0 Å². The summed E-state index contributed by atoms with van der Waals surface area (Å²) in [6.45, 7) is 7.77. The van der Waals surface area contributed by atoms with Gasteiger partial charge < -0.3 is 19.7 Å². The molecule has 1 aliphatic rings. The molecule has 0 saturated carbocycles. The van der Waals surface area contributed by atoms with E-state index in [9.17, 15) is 19.7 Å². The molecule has 47 heavy (non-hydrogen) atoms. The molecule has 0 unspecified atom stereocenters. The summed E-state index contributed by atoms with van der Waals surface area (Å²) in [6, 6.07) is 26.1. The number of rotatable bonds is 12. The SMILES string of the molecule is O=C(CN1CCCN(CCc2ccc([N+](=O)[O-])cc2)CCN(CC(=O)OCc2ccccc2)CCCNCC1)OCc1ccccc1. The molecule has 0 spiro atoms. The van der Waals surface area contributed by atoms with Crippen molar-refractivity contribution in [3.05, 3.63) is 112 Å².